The van der Waals surface area contributed by atoms with Gasteiger partial charge in [-0.1, -0.05) is 48.5 Å². The van der Waals surface area contributed by atoms with Gasteiger partial charge in [0.2, 0.25) is 10.0 Å². The summed E-state index contributed by atoms with van der Waals surface area (Å²) in [5.41, 5.74) is 3.31. The second kappa shape index (κ2) is 7.76. The van der Waals surface area contributed by atoms with Crippen LogP contribution in [0.4, 0.5) is 0 Å². The van der Waals surface area contributed by atoms with E-state index in [1.807, 2.05) is 31.2 Å². The first-order valence-corrected chi connectivity index (χ1v) is 11.3. The number of aryl methyl sites for hydroxylation is 1. The number of rotatable bonds is 5. The number of benzene rings is 2. The van der Waals surface area contributed by atoms with Gasteiger partial charge in [-0.2, -0.15) is 4.31 Å². The molecule has 0 N–H and O–H groups in total. The summed E-state index contributed by atoms with van der Waals surface area (Å²) in [4.78, 5) is 7.31. The van der Waals surface area contributed by atoms with Crippen molar-refractivity contribution in [2.75, 3.05) is 13.1 Å². The fourth-order valence-corrected chi connectivity index (χ4v) is 5.61. The first-order chi connectivity index (χ1) is 13.8. The topological polar surface area (TPSA) is 77.3 Å². The van der Waals surface area contributed by atoms with Gasteiger partial charge in [-0.15, -0.1) is 5.10 Å². The lowest BCUT2D eigenvalue weighted by Gasteiger charge is -2.34. The van der Waals surface area contributed by atoms with Gasteiger partial charge in [0, 0.05) is 13.1 Å². The average Bonchev–Trinajstić information content (AvgIpc) is 3.09. The molecular weight excluding hydrogens is 388 g/mol. The van der Waals surface area contributed by atoms with Crippen LogP contribution in [0.3, 0.4) is 0 Å². The molecule has 1 aliphatic rings. The van der Waals surface area contributed by atoms with Gasteiger partial charge in [-0.3, -0.25) is 0 Å². The van der Waals surface area contributed by atoms with Crippen molar-refractivity contribution < 1.29 is 13.3 Å². The third-order valence-electron chi connectivity index (χ3n) is 5.33. The van der Waals surface area contributed by atoms with E-state index in [-0.39, 0.29) is 4.90 Å². The summed E-state index contributed by atoms with van der Waals surface area (Å²) in [6.07, 6.45) is 1.05. The molecule has 4 rings (SSSR count). The highest BCUT2D eigenvalue weighted by molar-refractivity contribution is 7.89. The van der Waals surface area contributed by atoms with Gasteiger partial charge in [0.05, 0.1) is 4.90 Å². The van der Waals surface area contributed by atoms with Crippen LogP contribution in [-0.2, 0) is 16.6 Å². The summed E-state index contributed by atoms with van der Waals surface area (Å²) in [5, 5.41) is 8.11. The zero-order valence-corrected chi connectivity index (χ0v) is 17.8. The zero-order valence-electron chi connectivity index (χ0n) is 16.9. The van der Waals surface area contributed by atoms with Crippen LogP contribution >= 0.6 is 0 Å². The quantitative estimate of drug-likeness (QED) is 0.641. The summed E-state index contributed by atoms with van der Waals surface area (Å²) < 4.78 is 28.0. The van der Waals surface area contributed by atoms with Crippen molar-refractivity contribution in [3.63, 3.8) is 0 Å². The Morgan fingerprint density at radius 1 is 1.07 bits per heavy atom. The molecule has 1 fully saturated rings. The monoisotopic (exact) mass is 414 g/mol. The van der Waals surface area contributed by atoms with E-state index in [0.717, 1.165) is 12.0 Å². The highest BCUT2D eigenvalue weighted by Gasteiger charge is 2.32. The van der Waals surface area contributed by atoms with E-state index in [9.17, 15) is 8.42 Å². The van der Waals surface area contributed by atoms with Gasteiger partial charge < -0.3 is 4.84 Å². The van der Waals surface area contributed by atoms with Crippen LogP contribution in [-0.4, -0.2) is 41.0 Å². The normalized spacial score (nSPS) is 20.8. The second-order valence-electron chi connectivity index (χ2n) is 8.14. The minimum absolute atomic E-state index is 0.244. The van der Waals surface area contributed by atoms with Crippen LogP contribution in [0.25, 0.3) is 11.0 Å². The third kappa shape index (κ3) is 4.13. The van der Waals surface area contributed by atoms with Gasteiger partial charge >= 0.3 is 0 Å². The Hall–Kier alpha value is -2.45. The molecule has 29 heavy (non-hydrogen) atoms. The van der Waals surface area contributed by atoms with E-state index in [1.165, 1.54) is 10.4 Å². The van der Waals surface area contributed by atoms with Gasteiger partial charge in [0.25, 0.3) is 0 Å². The van der Waals surface area contributed by atoms with Crippen LogP contribution in [0, 0.1) is 18.8 Å². The van der Waals surface area contributed by atoms with E-state index >= 15 is 0 Å². The number of hydrogen-bond donors (Lipinski definition) is 0. The molecule has 0 radical (unpaired) electrons. The van der Waals surface area contributed by atoms with Crippen molar-refractivity contribution in [3.8, 4) is 0 Å². The maximum Gasteiger partial charge on any atom is 0.243 e. The smallest absolute Gasteiger partial charge is 0.243 e. The van der Waals surface area contributed by atoms with Crippen molar-refractivity contribution in [3.05, 3.63) is 53.6 Å². The third-order valence-corrected chi connectivity index (χ3v) is 7.16. The summed E-state index contributed by atoms with van der Waals surface area (Å²) >= 11 is 0. The fraction of sp³-hybridized carbons (Fsp3) is 0.429. The molecule has 1 aromatic heterocycles. The zero-order chi connectivity index (χ0) is 20.6. The van der Waals surface area contributed by atoms with E-state index in [4.69, 9.17) is 4.84 Å². The molecule has 1 saturated heterocycles. The molecule has 0 spiro atoms. The Morgan fingerprint density at radius 2 is 1.76 bits per heavy atom. The molecule has 2 aromatic carbocycles. The minimum atomic E-state index is -3.58. The molecule has 2 heterocycles. The lowest BCUT2D eigenvalue weighted by atomic mass is 9.94. The maximum atomic E-state index is 13.2. The summed E-state index contributed by atoms with van der Waals surface area (Å²) in [7, 11) is -3.58. The van der Waals surface area contributed by atoms with E-state index in [2.05, 4.69) is 24.2 Å². The largest absolute Gasteiger partial charge is 0.390 e. The van der Waals surface area contributed by atoms with Crippen molar-refractivity contribution in [1.82, 2.24) is 19.5 Å². The van der Waals surface area contributed by atoms with E-state index in [0.29, 0.717) is 42.6 Å². The van der Waals surface area contributed by atoms with Crippen LogP contribution in [0.5, 0.6) is 0 Å². The number of aromatic nitrogens is 3. The van der Waals surface area contributed by atoms with Gasteiger partial charge in [-0.25, -0.2) is 8.42 Å². The molecule has 0 bridgehead atoms. The molecule has 0 aliphatic carbocycles. The standard InChI is InChI=1S/C21H26N4O3S/c1-15-4-6-18(7-5-15)14-28-25-21-11-19(8-9-20(21)22-23-25)29(26,27)24-12-16(2)10-17(3)13-24/h4-9,11,16-17H,10,12-14H2,1-3H3/t16-,17-/m0/s1. The highest BCUT2D eigenvalue weighted by atomic mass is 32.2. The summed E-state index contributed by atoms with van der Waals surface area (Å²) in [5.74, 6) is 0.699. The maximum absolute atomic E-state index is 13.2. The van der Waals surface area contributed by atoms with Crippen molar-refractivity contribution >= 4 is 21.1 Å². The molecule has 2 atom stereocenters. The van der Waals surface area contributed by atoms with Crippen molar-refractivity contribution in [2.24, 2.45) is 11.8 Å². The molecule has 0 saturated carbocycles. The number of piperidine rings is 1. The van der Waals surface area contributed by atoms with Crippen LogP contribution in [0.2, 0.25) is 0 Å². The molecule has 8 heteroatoms. The van der Waals surface area contributed by atoms with Gasteiger partial charge in [-0.05, 0) is 54.2 Å². The lowest BCUT2D eigenvalue weighted by molar-refractivity contribution is 0.0751. The van der Waals surface area contributed by atoms with Gasteiger partial charge in [0.1, 0.15) is 17.6 Å². The van der Waals surface area contributed by atoms with E-state index in [1.54, 1.807) is 22.5 Å². The summed E-state index contributed by atoms with van der Waals surface area (Å²) in [6.45, 7) is 7.63. The molecule has 154 valence electrons. The highest BCUT2D eigenvalue weighted by Crippen LogP contribution is 2.27. The molecule has 3 aromatic rings. The molecule has 0 amide bonds. The molecule has 1 aliphatic heterocycles. The van der Waals surface area contributed by atoms with Crippen molar-refractivity contribution in [2.45, 2.75) is 38.7 Å². The first-order valence-electron chi connectivity index (χ1n) is 9.87. The number of fused-ring (bicyclic) bond motifs is 1. The average molecular weight is 415 g/mol. The Labute approximate surface area is 171 Å². The Bertz CT molecular complexity index is 1100. The van der Waals surface area contributed by atoms with Crippen LogP contribution in [0.15, 0.2) is 47.4 Å². The van der Waals surface area contributed by atoms with Gasteiger partial charge in [0.15, 0.2) is 0 Å². The molecular formula is C21H26N4O3S. The predicted octanol–water partition coefficient (Wildman–Crippen LogP) is 3.04. The minimum Gasteiger partial charge on any atom is -0.390 e. The number of sulfonamides is 1. The van der Waals surface area contributed by atoms with E-state index < -0.39 is 10.0 Å². The molecule has 0 unspecified atom stereocenters. The Balaban J connectivity index is 1.60. The van der Waals surface area contributed by atoms with Crippen LogP contribution < -0.4 is 4.84 Å². The SMILES string of the molecule is Cc1ccc(COn2nnc3ccc(S(=O)(=O)N4C[C@@H](C)C[C@H](C)C4)cc32)cc1. The Morgan fingerprint density at radius 3 is 2.45 bits per heavy atom. The first kappa shape index (κ1) is 19.8. The predicted molar refractivity (Wildman–Crippen MR) is 111 cm³/mol. The van der Waals surface area contributed by atoms with Crippen molar-refractivity contribution in [1.29, 1.82) is 0 Å². The van der Waals surface area contributed by atoms with Crippen LogP contribution in [0.1, 0.15) is 31.4 Å². The molecule has 7 nitrogen and oxygen atoms in total. The summed E-state index contributed by atoms with van der Waals surface area (Å²) in [6, 6.07) is 12.9. The second-order valence-corrected chi connectivity index (χ2v) is 10.1. The number of nitrogens with zero attached hydrogens (tertiary/aromatic N) is 4. The Kier molecular flexibility index (Phi) is 5.31. The number of hydrogen-bond acceptors (Lipinski definition) is 5. The lowest BCUT2D eigenvalue weighted by Crippen LogP contribution is -2.42. The fourth-order valence-electron chi connectivity index (χ4n) is 3.90.